The molecular formula is C20H30N2O4. The van der Waals surface area contributed by atoms with E-state index in [1.807, 2.05) is 30.3 Å². The van der Waals surface area contributed by atoms with Crippen molar-refractivity contribution in [2.75, 3.05) is 7.11 Å². The first-order valence-corrected chi connectivity index (χ1v) is 9.17. The van der Waals surface area contributed by atoms with Gasteiger partial charge < -0.3 is 15.4 Å². The predicted octanol–water partition coefficient (Wildman–Crippen LogP) is 2.36. The summed E-state index contributed by atoms with van der Waals surface area (Å²) in [6.45, 7) is 3.48. The van der Waals surface area contributed by atoms with Gasteiger partial charge >= 0.3 is 5.97 Å². The Morgan fingerprint density at radius 3 is 2.27 bits per heavy atom. The van der Waals surface area contributed by atoms with E-state index in [1.54, 1.807) is 0 Å². The summed E-state index contributed by atoms with van der Waals surface area (Å²) in [4.78, 5) is 36.1. The van der Waals surface area contributed by atoms with Gasteiger partial charge in [-0.2, -0.15) is 0 Å². The molecule has 144 valence electrons. The highest BCUT2D eigenvalue weighted by molar-refractivity contribution is 5.90. The molecule has 0 heterocycles. The second kappa shape index (κ2) is 12.1. The van der Waals surface area contributed by atoms with Gasteiger partial charge in [-0.15, -0.1) is 0 Å². The normalized spacial score (nSPS) is 12.7. The lowest BCUT2D eigenvalue weighted by atomic mass is 10.0. The molecule has 0 aliphatic carbocycles. The van der Waals surface area contributed by atoms with E-state index < -0.39 is 18.1 Å². The van der Waals surface area contributed by atoms with Crippen molar-refractivity contribution in [3.63, 3.8) is 0 Å². The van der Waals surface area contributed by atoms with Crippen LogP contribution in [0.1, 0.15) is 51.5 Å². The Morgan fingerprint density at radius 2 is 1.69 bits per heavy atom. The van der Waals surface area contributed by atoms with E-state index in [0.717, 1.165) is 31.2 Å². The molecule has 0 unspecified atom stereocenters. The lowest BCUT2D eigenvalue weighted by Gasteiger charge is -2.22. The molecule has 2 atom stereocenters. The number of rotatable bonds is 11. The zero-order valence-electron chi connectivity index (χ0n) is 15.9. The SMILES string of the molecule is CCCCCC[C@H](NC(=O)[C@H](Cc1ccccc1)NC(C)=O)C(=O)OC. The highest BCUT2D eigenvalue weighted by Crippen LogP contribution is 2.09. The molecule has 6 heteroatoms. The maximum absolute atomic E-state index is 12.7. The number of carbonyl (C=O) groups excluding carboxylic acids is 3. The number of nitrogens with one attached hydrogen (secondary N) is 2. The van der Waals surface area contributed by atoms with Crippen LogP contribution in [0.3, 0.4) is 0 Å². The molecule has 0 spiro atoms. The number of amides is 2. The first kappa shape index (κ1) is 21.7. The van der Waals surface area contributed by atoms with Gasteiger partial charge in [0, 0.05) is 13.3 Å². The van der Waals surface area contributed by atoms with Crippen LogP contribution in [0.4, 0.5) is 0 Å². The molecule has 6 nitrogen and oxygen atoms in total. The number of benzene rings is 1. The summed E-state index contributed by atoms with van der Waals surface area (Å²) in [6.07, 6.45) is 4.89. The summed E-state index contributed by atoms with van der Waals surface area (Å²) < 4.78 is 4.81. The standard InChI is InChI=1S/C20H30N2O4/c1-4-5-6-10-13-17(20(25)26-3)22-19(24)18(21-15(2)23)14-16-11-8-7-9-12-16/h7-9,11-12,17-18H,4-6,10,13-14H2,1-3H3,(H,21,23)(H,22,24)/t17-,18-/m0/s1. The number of carbonyl (C=O) groups is 3. The molecule has 0 fully saturated rings. The van der Waals surface area contributed by atoms with E-state index in [-0.39, 0.29) is 11.8 Å². The molecule has 1 aromatic rings. The summed E-state index contributed by atoms with van der Waals surface area (Å²) >= 11 is 0. The zero-order valence-corrected chi connectivity index (χ0v) is 15.9. The molecule has 0 saturated heterocycles. The highest BCUT2D eigenvalue weighted by atomic mass is 16.5. The Morgan fingerprint density at radius 1 is 1.00 bits per heavy atom. The van der Waals surface area contributed by atoms with Crippen molar-refractivity contribution in [1.29, 1.82) is 0 Å². The summed E-state index contributed by atoms with van der Waals surface area (Å²) in [7, 11) is 1.31. The third kappa shape index (κ3) is 8.14. The van der Waals surface area contributed by atoms with Gasteiger partial charge in [0.05, 0.1) is 7.11 Å². The van der Waals surface area contributed by atoms with Crippen molar-refractivity contribution >= 4 is 17.8 Å². The van der Waals surface area contributed by atoms with Crippen LogP contribution >= 0.6 is 0 Å². The van der Waals surface area contributed by atoms with E-state index >= 15 is 0 Å². The Bertz CT molecular complexity index is 574. The maximum atomic E-state index is 12.7. The van der Waals surface area contributed by atoms with Crippen LogP contribution in [0.5, 0.6) is 0 Å². The van der Waals surface area contributed by atoms with Gasteiger partial charge in [0.1, 0.15) is 12.1 Å². The molecule has 2 amide bonds. The minimum atomic E-state index is -0.738. The van der Waals surface area contributed by atoms with E-state index in [0.29, 0.717) is 12.8 Å². The summed E-state index contributed by atoms with van der Waals surface area (Å²) in [6, 6.07) is 8.00. The molecule has 1 rings (SSSR count). The smallest absolute Gasteiger partial charge is 0.328 e. The van der Waals surface area contributed by atoms with Gasteiger partial charge in [-0.1, -0.05) is 62.9 Å². The lowest BCUT2D eigenvalue weighted by Crippen LogP contribution is -2.52. The Labute approximate surface area is 155 Å². The van der Waals surface area contributed by atoms with Crippen LogP contribution < -0.4 is 10.6 Å². The quantitative estimate of drug-likeness (QED) is 0.467. The zero-order chi connectivity index (χ0) is 19.4. The highest BCUT2D eigenvalue weighted by Gasteiger charge is 2.26. The molecule has 0 bridgehead atoms. The monoisotopic (exact) mass is 362 g/mol. The van der Waals surface area contributed by atoms with Crippen LogP contribution in [-0.4, -0.2) is 37.0 Å². The van der Waals surface area contributed by atoms with Crippen LogP contribution in [0.25, 0.3) is 0 Å². The summed E-state index contributed by atoms with van der Waals surface area (Å²) in [5.41, 5.74) is 0.930. The molecule has 2 N–H and O–H groups in total. The number of hydrogen-bond acceptors (Lipinski definition) is 4. The number of unbranched alkanes of at least 4 members (excludes halogenated alkanes) is 3. The van der Waals surface area contributed by atoms with Gasteiger partial charge in [0.25, 0.3) is 0 Å². The lowest BCUT2D eigenvalue weighted by molar-refractivity contribution is -0.145. The van der Waals surface area contributed by atoms with E-state index in [2.05, 4.69) is 17.6 Å². The topological polar surface area (TPSA) is 84.5 Å². The third-order valence-electron chi connectivity index (χ3n) is 4.13. The van der Waals surface area contributed by atoms with E-state index in [9.17, 15) is 14.4 Å². The van der Waals surface area contributed by atoms with E-state index in [4.69, 9.17) is 4.74 Å². The van der Waals surface area contributed by atoms with Gasteiger partial charge in [-0.3, -0.25) is 9.59 Å². The van der Waals surface area contributed by atoms with Gasteiger partial charge in [-0.05, 0) is 12.0 Å². The van der Waals surface area contributed by atoms with Crippen molar-refractivity contribution < 1.29 is 19.1 Å². The first-order chi connectivity index (χ1) is 12.5. The summed E-state index contributed by atoms with van der Waals surface area (Å²) in [5.74, 6) is -1.13. The average Bonchev–Trinajstić information content (AvgIpc) is 2.63. The van der Waals surface area contributed by atoms with Crippen LogP contribution in [0.2, 0.25) is 0 Å². The average molecular weight is 362 g/mol. The van der Waals surface area contributed by atoms with Crippen molar-refractivity contribution in [3.8, 4) is 0 Å². The van der Waals surface area contributed by atoms with Crippen molar-refractivity contribution in [1.82, 2.24) is 10.6 Å². The minimum absolute atomic E-state index is 0.293. The molecular weight excluding hydrogens is 332 g/mol. The van der Waals surface area contributed by atoms with Crippen molar-refractivity contribution in [3.05, 3.63) is 35.9 Å². The number of ether oxygens (including phenoxy) is 1. The fourth-order valence-corrected chi connectivity index (χ4v) is 2.74. The molecule has 0 saturated carbocycles. The van der Waals surface area contributed by atoms with Gasteiger partial charge in [0.15, 0.2) is 0 Å². The first-order valence-electron chi connectivity index (χ1n) is 9.17. The van der Waals surface area contributed by atoms with Crippen molar-refractivity contribution in [2.24, 2.45) is 0 Å². The van der Waals surface area contributed by atoms with Crippen LogP contribution in [0, 0.1) is 0 Å². The largest absolute Gasteiger partial charge is 0.467 e. The summed E-state index contributed by atoms with van der Waals surface area (Å²) in [5, 5.41) is 5.41. The molecule has 0 aliphatic heterocycles. The minimum Gasteiger partial charge on any atom is -0.467 e. The molecule has 26 heavy (non-hydrogen) atoms. The maximum Gasteiger partial charge on any atom is 0.328 e. The second-order valence-electron chi connectivity index (χ2n) is 6.38. The number of hydrogen-bond donors (Lipinski definition) is 2. The Kier molecular flexibility index (Phi) is 10.1. The van der Waals surface area contributed by atoms with Crippen LogP contribution in [-0.2, 0) is 25.5 Å². The fraction of sp³-hybridized carbons (Fsp3) is 0.550. The number of methoxy groups -OCH3 is 1. The second-order valence-corrected chi connectivity index (χ2v) is 6.38. The molecule has 0 aliphatic rings. The van der Waals surface area contributed by atoms with Gasteiger partial charge in [0.2, 0.25) is 11.8 Å². The fourth-order valence-electron chi connectivity index (χ4n) is 2.74. The Balaban J connectivity index is 2.75. The predicted molar refractivity (Wildman–Crippen MR) is 100 cm³/mol. The number of esters is 1. The molecule has 1 aromatic carbocycles. The molecule has 0 aromatic heterocycles. The van der Waals surface area contributed by atoms with E-state index in [1.165, 1.54) is 14.0 Å². The Hall–Kier alpha value is -2.37. The van der Waals surface area contributed by atoms with Crippen molar-refractivity contribution in [2.45, 2.75) is 64.5 Å². The van der Waals surface area contributed by atoms with Crippen LogP contribution in [0.15, 0.2) is 30.3 Å². The third-order valence-corrected chi connectivity index (χ3v) is 4.13. The molecule has 0 radical (unpaired) electrons. The van der Waals surface area contributed by atoms with Gasteiger partial charge in [-0.25, -0.2) is 4.79 Å².